The molecule has 1 saturated heterocycles. The smallest absolute Gasteiger partial charge is 0.367 e. The van der Waals surface area contributed by atoms with Gasteiger partial charge in [-0.1, -0.05) is 0 Å². The summed E-state index contributed by atoms with van der Waals surface area (Å²) in [6.07, 6.45) is -10.2. The number of alkyl halides is 6. The van der Waals surface area contributed by atoms with Crippen molar-refractivity contribution in [3.05, 3.63) is 29.3 Å². The van der Waals surface area contributed by atoms with Crippen molar-refractivity contribution in [3.8, 4) is 0 Å². The molecule has 1 aromatic carbocycles. The van der Waals surface area contributed by atoms with Crippen molar-refractivity contribution in [1.82, 2.24) is 4.72 Å². The highest BCUT2D eigenvalue weighted by Crippen LogP contribution is 2.38. The molecule has 1 N–H and O–H groups in total. The first-order valence-corrected chi connectivity index (χ1v) is 8.58. The van der Waals surface area contributed by atoms with Gasteiger partial charge in [-0.15, -0.1) is 0 Å². The predicted molar refractivity (Wildman–Crippen MR) is 75.2 cm³/mol. The van der Waals surface area contributed by atoms with Crippen LogP contribution < -0.4 is 4.72 Å². The van der Waals surface area contributed by atoms with E-state index in [1.165, 1.54) is 0 Å². The zero-order chi connectivity index (χ0) is 19.3. The lowest BCUT2D eigenvalue weighted by atomic mass is 10.1. The number of rotatable bonds is 5. The van der Waals surface area contributed by atoms with Gasteiger partial charge in [0.15, 0.2) is 0 Å². The van der Waals surface area contributed by atoms with Gasteiger partial charge in [-0.05, 0) is 38.5 Å². The topological polar surface area (TPSA) is 58.7 Å². The zero-order valence-electron chi connectivity index (χ0n) is 13.1. The number of benzene rings is 1. The molecule has 1 aliphatic heterocycles. The quantitative estimate of drug-likeness (QED) is 0.617. The standard InChI is InChI=1S/C14H15F6NO3S/c1-12(2)11(24-12)3-4-21-25(22,23)10-6-8(13(15,16)17)5-9(7-10)14(18,19)20/h5-7,11,21H,3-4H2,1-2H3/t11-/m1/s1. The van der Waals surface area contributed by atoms with Crippen molar-refractivity contribution >= 4 is 10.0 Å². The van der Waals surface area contributed by atoms with E-state index >= 15 is 0 Å². The van der Waals surface area contributed by atoms with Gasteiger partial charge in [0, 0.05) is 6.54 Å². The maximum absolute atomic E-state index is 12.8. The summed E-state index contributed by atoms with van der Waals surface area (Å²) in [6, 6.07) is 0.226. The molecule has 11 heteroatoms. The van der Waals surface area contributed by atoms with Crippen LogP contribution in [0.15, 0.2) is 23.1 Å². The van der Waals surface area contributed by atoms with E-state index in [1.807, 2.05) is 4.72 Å². The zero-order valence-corrected chi connectivity index (χ0v) is 13.9. The Labute approximate surface area is 140 Å². The second kappa shape index (κ2) is 6.13. The molecule has 0 amide bonds. The van der Waals surface area contributed by atoms with E-state index in [2.05, 4.69) is 0 Å². The molecule has 4 nitrogen and oxygen atoms in total. The van der Waals surface area contributed by atoms with Crippen LogP contribution >= 0.6 is 0 Å². The van der Waals surface area contributed by atoms with Crippen LogP contribution in [0.25, 0.3) is 0 Å². The van der Waals surface area contributed by atoms with E-state index in [-0.39, 0.29) is 37.3 Å². The van der Waals surface area contributed by atoms with Crippen LogP contribution in [0.5, 0.6) is 0 Å². The molecule has 0 unspecified atom stereocenters. The molecule has 1 aromatic rings. The molecule has 2 rings (SSSR count). The fourth-order valence-corrected chi connectivity index (χ4v) is 3.35. The highest BCUT2D eigenvalue weighted by Gasteiger charge is 2.47. The molecule has 1 atom stereocenters. The average Bonchev–Trinajstić information content (AvgIpc) is 3.03. The first-order valence-electron chi connectivity index (χ1n) is 7.10. The second-order valence-electron chi connectivity index (χ2n) is 6.14. The normalized spacial score (nSPS) is 20.6. The minimum Gasteiger partial charge on any atom is -0.367 e. The molecule has 0 spiro atoms. The summed E-state index contributed by atoms with van der Waals surface area (Å²) in [4.78, 5) is -1.09. The number of nitrogens with one attached hydrogen (secondary N) is 1. The van der Waals surface area contributed by atoms with Crippen LogP contribution in [0.2, 0.25) is 0 Å². The van der Waals surface area contributed by atoms with Crippen molar-refractivity contribution in [1.29, 1.82) is 0 Å². The third-order valence-corrected chi connectivity index (χ3v) is 5.17. The van der Waals surface area contributed by atoms with Crippen molar-refractivity contribution in [2.75, 3.05) is 6.54 Å². The third kappa shape index (κ3) is 4.85. The lowest BCUT2D eigenvalue weighted by Crippen LogP contribution is -2.27. The minimum atomic E-state index is -5.11. The fourth-order valence-electron chi connectivity index (χ4n) is 2.23. The average molecular weight is 391 g/mol. The molecule has 1 heterocycles. The molecular weight excluding hydrogens is 376 g/mol. The number of halogens is 6. The SMILES string of the molecule is CC1(C)O[C@@H]1CCNS(=O)(=O)c1cc(C(F)(F)F)cc(C(F)(F)F)c1. The van der Waals surface area contributed by atoms with E-state index in [4.69, 9.17) is 4.74 Å². The fraction of sp³-hybridized carbons (Fsp3) is 0.571. The molecule has 1 fully saturated rings. The Morgan fingerprint density at radius 1 is 1.04 bits per heavy atom. The van der Waals surface area contributed by atoms with E-state index in [0.717, 1.165) is 0 Å². The Morgan fingerprint density at radius 3 is 1.84 bits per heavy atom. The van der Waals surface area contributed by atoms with Gasteiger partial charge < -0.3 is 4.74 Å². The second-order valence-corrected chi connectivity index (χ2v) is 7.90. The molecule has 0 aliphatic carbocycles. The van der Waals surface area contributed by atoms with Gasteiger partial charge in [0.2, 0.25) is 10.0 Å². The summed E-state index contributed by atoms with van der Waals surface area (Å²) in [5, 5.41) is 0. The highest BCUT2D eigenvalue weighted by molar-refractivity contribution is 7.89. The van der Waals surface area contributed by atoms with Crippen molar-refractivity contribution in [2.45, 2.75) is 49.2 Å². The summed E-state index contributed by atoms with van der Waals surface area (Å²) in [6.45, 7) is 3.37. The van der Waals surface area contributed by atoms with Crippen LogP contribution in [0.4, 0.5) is 26.3 Å². The number of sulfonamides is 1. The minimum absolute atomic E-state index is 0.125. The monoisotopic (exact) mass is 391 g/mol. The Kier molecular flexibility index (Phi) is 4.90. The van der Waals surface area contributed by atoms with Crippen molar-refractivity contribution in [3.63, 3.8) is 0 Å². The number of ether oxygens (including phenoxy) is 1. The van der Waals surface area contributed by atoms with Crippen LogP contribution in [0.3, 0.4) is 0 Å². The van der Waals surface area contributed by atoms with Gasteiger partial charge in [0.1, 0.15) is 0 Å². The van der Waals surface area contributed by atoms with Gasteiger partial charge in [0.05, 0.1) is 27.7 Å². The van der Waals surface area contributed by atoms with Crippen LogP contribution in [0.1, 0.15) is 31.4 Å². The Hall–Kier alpha value is -1.33. The molecular formula is C14H15F6NO3S. The summed E-state index contributed by atoms with van der Waals surface area (Å²) < 4.78 is 108. The summed E-state index contributed by atoms with van der Waals surface area (Å²) in [5.74, 6) is 0. The number of hydrogen-bond acceptors (Lipinski definition) is 3. The molecule has 142 valence electrons. The summed E-state index contributed by atoms with van der Waals surface area (Å²) >= 11 is 0. The van der Waals surface area contributed by atoms with E-state index in [0.29, 0.717) is 0 Å². The first kappa shape index (κ1) is 20.0. The highest BCUT2D eigenvalue weighted by atomic mass is 32.2. The lowest BCUT2D eigenvalue weighted by molar-refractivity contribution is -0.143. The lowest BCUT2D eigenvalue weighted by Gasteiger charge is -2.14. The number of epoxide rings is 1. The van der Waals surface area contributed by atoms with Crippen molar-refractivity contribution < 1.29 is 39.5 Å². The third-order valence-electron chi connectivity index (χ3n) is 3.73. The van der Waals surface area contributed by atoms with E-state index in [1.54, 1.807) is 13.8 Å². The van der Waals surface area contributed by atoms with E-state index in [9.17, 15) is 34.8 Å². The van der Waals surface area contributed by atoms with Gasteiger partial charge in [-0.25, -0.2) is 13.1 Å². The summed E-state index contributed by atoms with van der Waals surface area (Å²) in [5.41, 5.74) is -3.78. The molecule has 0 radical (unpaired) electrons. The Balaban J connectivity index is 2.26. The van der Waals surface area contributed by atoms with Gasteiger partial charge in [0.25, 0.3) is 0 Å². The molecule has 0 bridgehead atoms. The molecule has 0 saturated carbocycles. The Morgan fingerprint density at radius 2 is 1.48 bits per heavy atom. The van der Waals surface area contributed by atoms with Crippen LogP contribution in [0, 0.1) is 0 Å². The first-order chi connectivity index (χ1) is 11.1. The van der Waals surface area contributed by atoms with Crippen molar-refractivity contribution in [2.24, 2.45) is 0 Å². The molecule has 25 heavy (non-hydrogen) atoms. The maximum Gasteiger partial charge on any atom is 0.416 e. The van der Waals surface area contributed by atoms with Crippen LogP contribution in [-0.2, 0) is 27.1 Å². The number of hydrogen-bond donors (Lipinski definition) is 1. The van der Waals surface area contributed by atoms with Crippen LogP contribution in [-0.4, -0.2) is 26.7 Å². The molecule has 1 aliphatic rings. The Bertz CT molecular complexity index is 723. The predicted octanol–water partition coefficient (Wildman–Crippen LogP) is 3.57. The molecule has 0 aromatic heterocycles. The van der Waals surface area contributed by atoms with Gasteiger partial charge in [-0.2, -0.15) is 26.3 Å². The van der Waals surface area contributed by atoms with E-state index < -0.39 is 44.0 Å². The summed E-state index contributed by atoms with van der Waals surface area (Å²) in [7, 11) is -4.54. The maximum atomic E-state index is 12.8. The van der Waals surface area contributed by atoms with Gasteiger partial charge >= 0.3 is 12.4 Å². The van der Waals surface area contributed by atoms with Gasteiger partial charge in [-0.3, -0.25) is 0 Å². The largest absolute Gasteiger partial charge is 0.416 e.